The first-order chi connectivity index (χ1) is 33.7. The van der Waals surface area contributed by atoms with E-state index >= 15 is 0 Å². The smallest absolute Gasteiger partial charge is 0.169 e. The van der Waals surface area contributed by atoms with E-state index in [0.29, 0.717) is 0 Å². The molecule has 0 amide bonds. The van der Waals surface area contributed by atoms with Gasteiger partial charge in [-0.1, -0.05) is 194 Å². The summed E-state index contributed by atoms with van der Waals surface area (Å²) in [5, 5.41) is 11.6. The summed E-state index contributed by atoms with van der Waals surface area (Å²) in [5.74, 6) is 4.31. The molecule has 7 aromatic rings. The van der Waals surface area contributed by atoms with Crippen molar-refractivity contribution in [2.45, 2.75) is 49.1 Å². The molecule has 4 atom stereocenters. The molecule has 328 valence electrons. The van der Waals surface area contributed by atoms with Gasteiger partial charge in [-0.2, -0.15) is 0 Å². The first kappa shape index (κ1) is 40.2. The molecule has 4 unspecified atom stereocenters. The van der Waals surface area contributed by atoms with E-state index in [-0.39, 0.29) is 18.2 Å². The van der Waals surface area contributed by atoms with Crippen molar-refractivity contribution in [1.82, 2.24) is 16.0 Å². The van der Waals surface area contributed by atoms with Crippen molar-refractivity contribution in [2.75, 3.05) is 0 Å². The summed E-state index contributed by atoms with van der Waals surface area (Å²) in [7, 11) is 0. The van der Waals surface area contributed by atoms with E-state index in [1.807, 2.05) is 12.1 Å². The molecule has 68 heavy (non-hydrogen) atoms. The topological polar surface area (TPSA) is 82.4 Å². The van der Waals surface area contributed by atoms with Gasteiger partial charge < -0.3 is 15.4 Å². The van der Waals surface area contributed by atoms with Crippen LogP contribution in [0.25, 0.3) is 11.1 Å². The minimum Gasteiger partial charge on any atom is -0.457 e. The standard InChI is InChI=1S/C61H48N6O/c1-5-19-39(20-6-1)55-62-56(40-21-7-2-8-22-40)65-59(64-55)45-35-44(36-46(37-45)60-66-57(41-23-9-3-10-24-41)63-58(67-60)42-25-11-4-12-26-42)43-33-34-48-47-27-13-14-28-49(47)61(52(48)38-43)50-29-15-17-31-53(50)68-54-32-18-16-30-51(54)61/h1-11,13-25,27-34,36-38,44,55,57,60,66H,12,26,35H2,(H,63,67)(H,62,64,65). The van der Waals surface area contributed by atoms with Crippen LogP contribution in [0, 0.1) is 0 Å². The van der Waals surface area contributed by atoms with Crippen molar-refractivity contribution in [3.05, 3.63) is 274 Å². The Morgan fingerprint density at radius 1 is 0.544 bits per heavy atom. The zero-order chi connectivity index (χ0) is 45.0. The lowest BCUT2D eigenvalue weighted by molar-refractivity contribution is 0.436. The molecule has 7 heteroatoms. The SMILES string of the molecule is C1=CCCC(C2=NC(c3ccccc3)NC(C3=CC(c4ccc5c(c4)C4(c6ccccc6Oc6ccccc64)c4ccccc4-5)CC(C4=NC(c5ccccc5)N=C(c5ccccc5)N4)=C3)N2)=C1. The van der Waals surface area contributed by atoms with Crippen LogP contribution in [0.2, 0.25) is 0 Å². The van der Waals surface area contributed by atoms with Crippen molar-refractivity contribution >= 4 is 17.5 Å². The maximum atomic E-state index is 6.70. The van der Waals surface area contributed by atoms with Crippen molar-refractivity contribution < 1.29 is 4.74 Å². The van der Waals surface area contributed by atoms with Gasteiger partial charge in [0, 0.05) is 22.6 Å². The Hall–Kier alpha value is -8.13. The van der Waals surface area contributed by atoms with E-state index in [4.69, 9.17) is 19.7 Å². The molecule has 0 aromatic heterocycles. The van der Waals surface area contributed by atoms with Crippen LogP contribution in [-0.4, -0.2) is 23.7 Å². The molecule has 1 spiro atoms. The molecule has 0 saturated heterocycles. The predicted octanol–water partition coefficient (Wildman–Crippen LogP) is 12.5. The Balaban J connectivity index is 0.978. The van der Waals surface area contributed by atoms with Crippen LogP contribution in [0.15, 0.2) is 244 Å². The van der Waals surface area contributed by atoms with E-state index in [2.05, 4.69) is 216 Å². The third-order valence-corrected chi connectivity index (χ3v) is 14.3. The fourth-order valence-corrected chi connectivity index (χ4v) is 11.1. The summed E-state index contributed by atoms with van der Waals surface area (Å²) in [4.78, 5) is 16.0. The number of allylic oxidation sites excluding steroid dienone is 4. The molecule has 0 saturated carbocycles. The van der Waals surface area contributed by atoms with Crippen LogP contribution < -0.4 is 20.7 Å². The van der Waals surface area contributed by atoms with E-state index < -0.39 is 11.6 Å². The minimum absolute atomic E-state index is 0.0157. The summed E-state index contributed by atoms with van der Waals surface area (Å²) < 4.78 is 6.70. The number of aliphatic imine (C=N–C) groups is 3. The number of benzene rings is 7. The van der Waals surface area contributed by atoms with Crippen molar-refractivity contribution in [3.63, 3.8) is 0 Å². The predicted molar refractivity (Wildman–Crippen MR) is 273 cm³/mol. The Morgan fingerprint density at radius 3 is 1.93 bits per heavy atom. The number of rotatable bonds is 7. The maximum Gasteiger partial charge on any atom is 0.169 e. The molecule has 3 heterocycles. The Labute approximate surface area is 396 Å². The van der Waals surface area contributed by atoms with Crippen LogP contribution >= 0.6 is 0 Å². The molecule has 0 fully saturated rings. The summed E-state index contributed by atoms with van der Waals surface area (Å²) >= 11 is 0. The largest absolute Gasteiger partial charge is 0.457 e. The molecule has 6 aliphatic rings. The van der Waals surface area contributed by atoms with Gasteiger partial charge in [-0.25, -0.2) is 15.0 Å². The average Bonchev–Trinajstić information content (AvgIpc) is 3.71. The maximum absolute atomic E-state index is 6.70. The van der Waals surface area contributed by atoms with E-state index in [0.717, 1.165) is 87.2 Å². The zero-order valence-electron chi connectivity index (χ0n) is 37.4. The van der Waals surface area contributed by atoms with Gasteiger partial charge in [-0.15, -0.1) is 0 Å². The number of nitrogens with zero attached hydrogens (tertiary/aromatic N) is 3. The fraction of sp³-hybridized carbons (Fsp3) is 0.131. The molecule has 3 aliphatic heterocycles. The lowest BCUT2D eigenvalue weighted by Crippen LogP contribution is -2.52. The number of ether oxygens (including phenoxy) is 1. The third-order valence-electron chi connectivity index (χ3n) is 14.3. The molecule has 7 nitrogen and oxygen atoms in total. The van der Waals surface area contributed by atoms with Crippen molar-refractivity contribution in [1.29, 1.82) is 0 Å². The second-order valence-electron chi connectivity index (χ2n) is 18.3. The molecular weight excluding hydrogens is 833 g/mol. The Bertz CT molecular complexity index is 3300. The van der Waals surface area contributed by atoms with Gasteiger partial charge in [-0.3, -0.25) is 5.32 Å². The number of hydrogen-bond acceptors (Lipinski definition) is 7. The van der Waals surface area contributed by atoms with Gasteiger partial charge in [0.2, 0.25) is 0 Å². The molecular formula is C61H48N6O. The fourth-order valence-electron chi connectivity index (χ4n) is 11.1. The molecule has 3 aliphatic carbocycles. The highest BCUT2D eigenvalue weighted by molar-refractivity contribution is 6.16. The van der Waals surface area contributed by atoms with Crippen molar-refractivity contribution in [3.8, 4) is 22.6 Å². The summed E-state index contributed by atoms with van der Waals surface area (Å²) in [6.45, 7) is 0. The highest BCUT2D eigenvalue weighted by Gasteiger charge is 2.51. The van der Waals surface area contributed by atoms with Crippen LogP contribution in [0.4, 0.5) is 0 Å². The van der Waals surface area contributed by atoms with Crippen LogP contribution in [-0.2, 0) is 5.41 Å². The number of nitrogens with one attached hydrogen (secondary N) is 3. The first-order valence-corrected chi connectivity index (χ1v) is 23.8. The van der Waals surface area contributed by atoms with Crippen molar-refractivity contribution in [2.24, 2.45) is 15.0 Å². The van der Waals surface area contributed by atoms with Gasteiger partial charge in [0.15, 0.2) is 6.17 Å². The lowest BCUT2D eigenvalue weighted by Gasteiger charge is -2.39. The summed E-state index contributed by atoms with van der Waals surface area (Å²) in [5.41, 5.74) is 14.6. The minimum atomic E-state index is -0.574. The zero-order valence-corrected chi connectivity index (χ0v) is 37.4. The van der Waals surface area contributed by atoms with E-state index in [9.17, 15) is 0 Å². The Morgan fingerprint density at radius 2 is 1.19 bits per heavy atom. The van der Waals surface area contributed by atoms with Gasteiger partial charge in [0.1, 0.15) is 41.3 Å². The molecule has 0 bridgehead atoms. The second-order valence-corrected chi connectivity index (χ2v) is 18.3. The van der Waals surface area contributed by atoms with E-state index in [1.165, 1.54) is 33.4 Å². The van der Waals surface area contributed by atoms with Crippen LogP contribution in [0.5, 0.6) is 11.5 Å². The summed E-state index contributed by atoms with van der Waals surface area (Å²) in [6.07, 6.45) is 13.1. The highest BCUT2D eigenvalue weighted by Crippen LogP contribution is 2.62. The monoisotopic (exact) mass is 880 g/mol. The Kier molecular flexibility index (Phi) is 9.83. The van der Waals surface area contributed by atoms with Gasteiger partial charge in [-0.05, 0) is 93.1 Å². The first-order valence-electron chi connectivity index (χ1n) is 23.8. The second kappa shape index (κ2) is 16.6. The summed E-state index contributed by atoms with van der Waals surface area (Å²) in [6, 6.07) is 64.7. The normalized spacial score (nSPS) is 21.6. The number of amidine groups is 3. The molecule has 3 N–H and O–H groups in total. The molecule has 0 radical (unpaired) electrons. The van der Waals surface area contributed by atoms with Crippen LogP contribution in [0.1, 0.15) is 82.0 Å². The number of para-hydroxylation sites is 2. The van der Waals surface area contributed by atoms with Gasteiger partial charge in [0.25, 0.3) is 0 Å². The lowest BCUT2D eigenvalue weighted by atomic mass is 9.65. The van der Waals surface area contributed by atoms with Gasteiger partial charge >= 0.3 is 0 Å². The average molecular weight is 881 g/mol. The van der Waals surface area contributed by atoms with E-state index in [1.54, 1.807) is 0 Å². The van der Waals surface area contributed by atoms with Crippen LogP contribution in [0.3, 0.4) is 0 Å². The number of hydrogen-bond donors (Lipinski definition) is 3. The number of fused-ring (bicyclic) bond motifs is 9. The highest BCUT2D eigenvalue weighted by atomic mass is 16.5. The van der Waals surface area contributed by atoms with Gasteiger partial charge in [0.05, 0.1) is 5.41 Å². The molecule has 7 aromatic carbocycles. The quantitative estimate of drug-likeness (QED) is 0.149. The third kappa shape index (κ3) is 6.80. The molecule has 13 rings (SSSR count).